The van der Waals surface area contributed by atoms with Crippen LogP contribution in [0.1, 0.15) is 6.92 Å². The minimum absolute atomic E-state index is 0.141. The maximum atomic E-state index is 13.0. The van der Waals surface area contributed by atoms with Crippen LogP contribution in [0.5, 0.6) is 5.75 Å². The van der Waals surface area contributed by atoms with Crippen molar-refractivity contribution in [2.75, 3.05) is 6.61 Å². The molecule has 0 aliphatic rings. The maximum Gasteiger partial charge on any atom is 0.395 e. The van der Waals surface area contributed by atoms with Gasteiger partial charge in [0.15, 0.2) is 5.16 Å². The van der Waals surface area contributed by atoms with Gasteiger partial charge in [0, 0.05) is 6.07 Å². The molecular weight excluding hydrogens is 278 g/mol. The van der Waals surface area contributed by atoms with Crippen molar-refractivity contribution >= 4 is 28.8 Å². The van der Waals surface area contributed by atoms with Crippen LogP contribution in [0.3, 0.4) is 0 Å². The van der Waals surface area contributed by atoms with Crippen LogP contribution in [0, 0.1) is 0 Å². The molecule has 0 fully saturated rings. The van der Waals surface area contributed by atoms with Gasteiger partial charge in [-0.05, 0) is 30.8 Å². The largest absolute Gasteiger partial charge is 0.494 e. The van der Waals surface area contributed by atoms with Crippen molar-refractivity contribution in [3.05, 3.63) is 18.2 Å². The van der Waals surface area contributed by atoms with Gasteiger partial charge in [-0.1, -0.05) is 0 Å². The third-order valence-electron chi connectivity index (χ3n) is 2.22. The third-order valence-corrected chi connectivity index (χ3v) is 3.03. The van der Waals surface area contributed by atoms with E-state index in [0.29, 0.717) is 23.4 Å². The smallest absolute Gasteiger partial charge is 0.395 e. The second-order valence-corrected chi connectivity index (χ2v) is 4.68. The van der Waals surface area contributed by atoms with Gasteiger partial charge in [0.1, 0.15) is 5.75 Å². The van der Waals surface area contributed by atoms with Crippen LogP contribution < -0.4 is 4.74 Å². The maximum absolute atomic E-state index is 13.0. The first-order valence-electron chi connectivity index (χ1n) is 5.35. The predicted molar refractivity (Wildman–Crippen MR) is 65.7 cm³/mol. The Morgan fingerprint density at radius 2 is 2.32 bits per heavy atom. The van der Waals surface area contributed by atoms with Crippen molar-refractivity contribution < 1.29 is 23.4 Å². The molecular formula is C11H10F2N2O3S. The second kappa shape index (κ2) is 5.04. The van der Waals surface area contributed by atoms with Gasteiger partial charge in [-0.15, -0.1) is 0 Å². The molecule has 0 amide bonds. The summed E-state index contributed by atoms with van der Waals surface area (Å²) in [5.41, 5.74) is 0.974. The lowest BCUT2D eigenvalue weighted by Crippen LogP contribution is -2.23. The second-order valence-electron chi connectivity index (χ2n) is 3.58. The molecule has 0 spiro atoms. The van der Waals surface area contributed by atoms with E-state index in [0.717, 1.165) is 0 Å². The van der Waals surface area contributed by atoms with Crippen LogP contribution in [0.2, 0.25) is 0 Å². The summed E-state index contributed by atoms with van der Waals surface area (Å²) < 4.78 is 31.3. The number of carboxylic acids is 1. The SMILES string of the molecule is CCOc1ccc2nc(SC(F)(F)C(=O)O)[nH]c2c1. The van der Waals surface area contributed by atoms with Crippen molar-refractivity contribution in [3.63, 3.8) is 0 Å². The van der Waals surface area contributed by atoms with Gasteiger partial charge in [0.2, 0.25) is 0 Å². The lowest BCUT2D eigenvalue weighted by atomic mass is 10.3. The summed E-state index contributed by atoms with van der Waals surface area (Å²) in [5, 5.41) is 4.28. The van der Waals surface area contributed by atoms with Crippen molar-refractivity contribution in [2.24, 2.45) is 0 Å². The Kier molecular flexibility index (Phi) is 3.61. The first-order valence-corrected chi connectivity index (χ1v) is 6.17. The normalized spacial score (nSPS) is 11.7. The number of ether oxygens (including phenoxy) is 1. The molecule has 2 aromatic rings. The van der Waals surface area contributed by atoms with Gasteiger partial charge in [-0.2, -0.15) is 8.78 Å². The first-order chi connectivity index (χ1) is 8.92. The van der Waals surface area contributed by atoms with Crippen molar-refractivity contribution in [1.29, 1.82) is 0 Å². The molecule has 19 heavy (non-hydrogen) atoms. The minimum Gasteiger partial charge on any atom is -0.494 e. The van der Waals surface area contributed by atoms with Crippen LogP contribution in [0.25, 0.3) is 11.0 Å². The number of nitrogens with zero attached hydrogens (tertiary/aromatic N) is 1. The van der Waals surface area contributed by atoms with E-state index in [1.165, 1.54) is 0 Å². The molecule has 5 nitrogen and oxygen atoms in total. The fraction of sp³-hybridized carbons (Fsp3) is 0.273. The lowest BCUT2D eigenvalue weighted by molar-refractivity contribution is -0.152. The summed E-state index contributed by atoms with van der Waals surface area (Å²) in [5.74, 6) is -1.62. The van der Waals surface area contributed by atoms with Gasteiger partial charge >= 0.3 is 11.2 Å². The van der Waals surface area contributed by atoms with Gasteiger partial charge in [0.05, 0.1) is 17.6 Å². The number of H-pyrrole nitrogens is 1. The number of fused-ring (bicyclic) bond motifs is 1. The van der Waals surface area contributed by atoms with E-state index in [4.69, 9.17) is 9.84 Å². The number of carboxylic acid groups (broad SMARTS) is 1. The molecule has 1 aromatic heterocycles. The standard InChI is InChI=1S/C11H10F2N2O3S/c1-2-18-6-3-4-7-8(5-6)15-10(14-7)19-11(12,13)9(16)17/h3-5H,2H2,1H3,(H,14,15)(H,16,17). The van der Waals surface area contributed by atoms with Gasteiger partial charge < -0.3 is 14.8 Å². The quantitative estimate of drug-likeness (QED) is 0.827. The Morgan fingerprint density at radius 1 is 1.58 bits per heavy atom. The molecule has 0 aliphatic carbocycles. The van der Waals surface area contributed by atoms with Crippen molar-refractivity contribution in [1.82, 2.24) is 9.97 Å². The highest BCUT2D eigenvalue weighted by molar-refractivity contribution is 8.00. The number of aromatic amines is 1. The zero-order valence-corrected chi connectivity index (χ0v) is 10.6. The number of nitrogens with one attached hydrogen (secondary N) is 1. The molecule has 2 N–H and O–H groups in total. The predicted octanol–water partition coefficient (Wildman–Crippen LogP) is 2.73. The molecule has 8 heteroatoms. The number of hydrogen-bond acceptors (Lipinski definition) is 4. The van der Waals surface area contributed by atoms with Crippen LogP contribution >= 0.6 is 11.8 Å². The molecule has 1 aromatic carbocycles. The average Bonchev–Trinajstić information content (AvgIpc) is 2.69. The Labute approximate surface area is 111 Å². The summed E-state index contributed by atoms with van der Waals surface area (Å²) >= 11 is -0.141. The molecule has 0 aliphatic heterocycles. The fourth-order valence-corrected chi connectivity index (χ4v) is 2.07. The minimum atomic E-state index is -3.92. The van der Waals surface area contributed by atoms with E-state index >= 15 is 0 Å². The summed E-state index contributed by atoms with van der Waals surface area (Å²) in [4.78, 5) is 16.9. The topological polar surface area (TPSA) is 75.2 Å². The number of rotatable bonds is 5. The fourth-order valence-electron chi connectivity index (χ4n) is 1.44. The monoisotopic (exact) mass is 288 g/mol. The molecule has 0 unspecified atom stereocenters. The zero-order chi connectivity index (χ0) is 14.0. The molecule has 0 radical (unpaired) electrons. The number of hydrogen-bond donors (Lipinski definition) is 2. The van der Waals surface area contributed by atoms with Crippen molar-refractivity contribution in [3.8, 4) is 5.75 Å². The number of alkyl halides is 2. The molecule has 0 bridgehead atoms. The number of imidazole rings is 1. The Balaban J connectivity index is 2.29. The number of thioether (sulfide) groups is 1. The average molecular weight is 288 g/mol. The van der Waals surface area contributed by atoms with E-state index in [1.807, 2.05) is 6.92 Å². The van der Waals surface area contributed by atoms with E-state index in [1.54, 1.807) is 18.2 Å². The van der Waals surface area contributed by atoms with Gasteiger partial charge in [0.25, 0.3) is 0 Å². The van der Waals surface area contributed by atoms with E-state index in [9.17, 15) is 13.6 Å². The lowest BCUT2D eigenvalue weighted by Gasteiger charge is -2.06. The van der Waals surface area contributed by atoms with Crippen LogP contribution in [-0.4, -0.2) is 32.9 Å². The number of carbonyl (C=O) groups is 1. The molecule has 1 heterocycles. The molecule has 0 saturated carbocycles. The van der Waals surface area contributed by atoms with E-state index < -0.39 is 11.2 Å². The molecule has 0 saturated heterocycles. The highest BCUT2D eigenvalue weighted by atomic mass is 32.2. The Morgan fingerprint density at radius 3 is 2.95 bits per heavy atom. The van der Waals surface area contributed by atoms with Crippen LogP contribution in [0.15, 0.2) is 23.4 Å². The Bertz CT molecular complexity index is 615. The number of halogens is 2. The number of aromatic nitrogens is 2. The van der Waals surface area contributed by atoms with Gasteiger partial charge in [-0.25, -0.2) is 9.78 Å². The van der Waals surface area contributed by atoms with Crippen molar-refractivity contribution in [2.45, 2.75) is 17.3 Å². The van der Waals surface area contributed by atoms with Crippen LogP contribution in [0.4, 0.5) is 8.78 Å². The summed E-state index contributed by atoms with van der Waals surface area (Å²) in [7, 11) is 0. The zero-order valence-electron chi connectivity index (χ0n) is 9.81. The first kappa shape index (κ1) is 13.6. The van der Waals surface area contributed by atoms with Crippen LogP contribution in [-0.2, 0) is 4.79 Å². The molecule has 2 rings (SSSR count). The van der Waals surface area contributed by atoms with E-state index in [2.05, 4.69) is 9.97 Å². The number of aliphatic carboxylic acids is 1. The summed E-state index contributed by atoms with van der Waals surface area (Å²) in [6.45, 7) is 2.31. The highest BCUT2D eigenvalue weighted by Crippen LogP contribution is 2.35. The molecule has 102 valence electrons. The molecule has 0 atom stereocenters. The Hall–Kier alpha value is -1.83. The third kappa shape index (κ3) is 2.95. The summed E-state index contributed by atoms with van der Waals surface area (Å²) in [6, 6.07) is 4.89. The van der Waals surface area contributed by atoms with E-state index in [-0.39, 0.29) is 16.9 Å². The summed E-state index contributed by atoms with van der Waals surface area (Å²) in [6.07, 6.45) is 0. The number of benzene rings is 1. The van der Waals surface area contributed by atoms with Gasteiger partial charge in [-0.3, -0.25) is 0 Å². The highest BCUT2D eigenvalue weighted by Gasteiger charge is 2.41.